The van der Waals surface area contributed by atoms with Crippen LogP contribution in [-0.4, -0.2) is 31.1 Å². The molecule has 2 aliphatic rings. The Bertz CT molecular complexity index is 1020. The molecular formula is C22H26O7. The van der Waals surface area contributed by atoms with Crippen LogP contribution >= 0.6 is 0 Å². The molecular weight excluding hydrogens is 376 g/mol. The molecule has 0 N–H and O–H groups in total. The van der Waals surface area contributed by atoms with Gasteiger partial charge < -0.3 is 23.4 Å². The molecule has 0 amide bonds. The second kappa shape index (κ2) is 7.06. The zero-order chi connectivity index (χ0) is 20.9. The Morgan fingerprint density at radius 2 is 2.03 bits per heavy atom. The number of aryl methyl sites for hydroxylation is 1. The summed E-state index contributed by atoms with van der Waals surface area (Å²) < 4.78 is 29.6. The van der Waals surface area contributed by atoms with E-state index in [4.69, 9.17) is 23.4 Å². The zero-order valence-electron chi connectivity index (χ0n) is 17.4. The third kappa shape index (κ3) is 3.37. The van der Waals surface area contributed by atoms with Crippen LogP contribution < -0.4 is 14.9 Å². The Balaban J connectivity index is 1.86. The number of carbonyl (C=O) groups is 1. The summed E-state index contributed by atoms with van der Waals surface area (Å²) in [5.74, 6) is 0.193. The minimum Gasteiger partial charge on any atom is -0.496 e. The molecule has 1 saturated heterocycles. The Kier molecular flexibility index (Phi) is 4.81. The van der Waals surface area contributed by atoms with E-state index in [0.717, 1.165) is 5.56 Å². The van der Waals surface area contributed by atoms with Gasteiger partial charge in [-0.1, -0.05) is 6.92 Å². The lowest BCUT2D eigenvalue weighted by Crippen LogP contribution is -2.56. The van der Waals surface area contributed by atoms with Crippen LogP contribution in [-0.2, 0) is 20.7 Å². The van der Waals surface area contributed by atoms with Gasteiger partial charge in [-0.2, -0.15) is 0 Å². The van der Waals surface area contributed by atoms with Crippen molar-refractivity contribution in [2.24, 2.45) is 5.92 Å². The van der Waals surface area contributed by atoms with Crippen molar-refractivity contribution in [3.63, 3.8) is 0 Å². The maximum atomic E-state index is 12.8. The predicted molar refractivity (Wildman–Crippen MR) is 105 cm³/mol. The summed E-state index contributed by atoms with van der Waals surface area (Å²) in [7, 11) is 1.58. The summed E-state index contributed by atoms with van der Waals surface area (Å²) in [6.45, 7) is 7.10. The summed E-state index contributed by atoms with van der Waals surface area (Å²) in [6.07, 6.45) is 1.13. The van der Waals surface area contributed by atoms with E-state index in [1.165, 1.54) is 13.0 Å². The first-order valence-corrected chi connectivity index (χ1v) is 9.90. The van der Waals surface area contributed by atoms with Gasteiger partial charge in [0.25, 0.3) is 0 Å². The SMILES string of the molecule is COc1cc2oc(C)cc(=O)c2c2c1C[C@@H](C)[C@@]1(C[C@H](OC(C)=O)C[C@H](C)O1)O2. The monoisotopic (exact) mass is 402 g/mol. The third-order valence-corrected chi connectivity index (χ3v) is 5.76. The number of carbonyl (C=O) groups excluding carboxylic acids is 1. The van der Waals surface area contributed by atoms with Crippen LogP contribution in [0.2, 0.25) is 0 Å². The first-order valence-electron chi connectivity index (χ1n) is 9.90. The predicted octanol–water partition coefficient (Wildman–Crippen LogP) is 3.51. The number of rotatable bonds is 2. The molecule has 3 heterocycles. The molecule has 7 heteroatoms. The highest BCUT2D eigenvalue weighted by molar-refractivity contribution is 5.87. The molecule has 2 aliphatic heterocycles. The van der Waals surface area contributed by atoms with Crippen molar-refractivity contribution in [3.05, 3.63) is 33.7 Å². The van der Waals surface area contributed by atoms with Crippen molar-refractivity contribution in [1.29, 1.82) is 0 Å². The molecule has 0 bridgehead atoms. The van der Waals surface area contributed by atoms with Gasteiger partial charge in [0.1, 0.15) is 34.3 Å². The average Bonchev–Trinajstić information content (AvgIpc) is 2.60. The van der Waals surface area contributed by atoms with Crippen LogP contribution in [0, 0.1) is 12.8 Å². The van der Waals surface area contributed by atoms with Gasteiger partial charge in [0.15, 0.2) is 5.43 Å². The second-order valence-electron chi connectivity index (χ2n) is 8.10. The molecule has 1 fully saturated rings. The van der Waals surface area contributed by atoms with E-state index in [1.807, 2.05) is 13.8 Å². The smallest absolute Gasteiger partial charge is 0.302 e. The maximum Gasteiger partial charge on any atom is 0.302 e. The number of hydrogen-bond acceptors (Lipinski definition) is 7. The standard InChI is InChI=1S/C22H26O7/c1-11-6-16-18(25-5)9-19-20(17(24)8-12(2)26-19)21(16)29-22(11)10-15(27-14(4)23)7-13(3)28-22/h8-9,11,13,15H,6-7,10H2,1-5H3/t11-,13+,15-,22-/m1/s1. The quantitative estimate of drug-likeness (QED) is 0.711. The molecule has 4 atom stereocenters. The molecule has 7 nitrogen and oxygen atoms in total. The molecule has 0 unspecified atom stereocenters. The topological polar surface area (TPSA) is 84.2 Å². The van der Waals surface area contributed by atoms with Gasteiger partial charge in [-0.25, -0.2) is 0 Å². The highest BCUT2D eigenvalue weighted by Crippen LogP contribution is 2.49. The van der Waals surface area contributed by atoms with Gasteiger partial charge in [0.2, 0.25) is 5.79 Å². The van der Waals surface area contributed by atoms with Crippen LogP contribution in [0.3, 0.4) is 0 Å². The minimum absolute atomic E-state index is 0.0420. The van der Waals surface area contributed by atoms with Gasteiger partial charge in [0, 0.05) is 37.0 Å². The maximum absolute atomic E-state index is 12.8. The van der Waals surface area contributed by atoms with E-state index in [9.17, 15) is 9.59 Å². The number of methoxy groups -OCH3 is 1. The van der Waals surface area contributed by atoms with Crippen molar-refractivity contribution < 1.29 is 28.2 Å². The number of hydrogen-bond donors (Lipinski definition) is 0. The first kappa shape index (κ1) is 19.8. The molecule has 4 rings (SSSR count). The number of fused-ring (bicyclic) bond motifs is 3. The second-order valence-corrected chi connectivity index (χ2v) is 8.10. The number of ether oxygens (including phenoxy) is 4. The number of esters is 1. The Labute approximate surface area is 168 Å². The minimum atomic E-state index is -0.999. The molecule has 0 aliphatic carbocycles. The van der Waals surface area contributed by atoms with E-state index in [2.05, 4.69) is 0 Å². The van der Waals surface area contributed by atoms with Crippen LogP contribution in [0.5, 0.6) is 11.5 Å². The Morgan fingerprint density at radius 1 is 1.28 bits per heavy atom. The summed E-state index contributed by atoms with van der Waals surface area (Å²) in [6, 6.07) is 3.19. The molecule has 1 aromatic carbocycles. The lowest BCUT2D eigenvalue weighted by atomic mass is 9.82. The fourth-order valence-corrected chi connectivity index (χ4v) is 4.56. The lowest BCUT2D eigenvalue weighted by molar-refractivity contribution is -0.282. The van der Waals surface area contributed by atoms with Gasteiger partial charge in [-0.15, -0.1) is 0 Å². The molecule has 1 spiro atoms. The van der Waals surface area contributed by atoms with Crippen LogP contribution in [0.25, 0.3) is 11.0 Å². The van der Waals surface area contributed by atoms with E-state index >= 15 is 0 Å². The van der Waals surface area contributed by atoms with Gasteiger partial charge >= 0.3 is 5.97 Å². The van der Waals surface area contributed by atoms with E-state index < -0.39 is 5.79 Å². The van der Waals surface area contributed by atoms with Crippen molar-refractivity contribution in [2.75, 3.05) is 7.11 Å². The highest BCUT2D eigenvalue weighted by atomic mass is 16.7. The van der Waals surface area contributed by atoms with E-state index in [-0.39, 0.29) is 29.5 Å². The van der Waals surface area contributed by atoms with Crippen LogP contribution in [0.1, 0.15) is 44.9 Å². The van der Waals surface area contributed by atoms with Crippen molar-refractivity contribution >= 4 is 16.9 Å². The molecule has 0 radical (unpaired) electrons. The molecule has 29 heavy (non-hydrogen) atoms. The van der Waals surface area contributed by atoms with Crippen LogP contribution in [0.15, 0.2) is 21.3 Å². The van der Waals surface area contributed by atoms with E-state index in [0.29, 0.717) is 47.5 Å². The highest BCUT2D eigenvalue weighted by Gasteiger charge is 2.51. The zero-order valence-corrected chi connectivity index (χ0v) is 17.4. The van der Waals surface area contributed by atoms with Gasteiger partial charge in [-0.05, 0) is 20.3 Å². The summed E-state index contributed by atoms with van der Waals surface area (Å²) in [4.78, 5) is 24.3. The Morgan fingerprint density at radius 3 is 2.72 bits per heavy atom. The summed E-state index contributed by atoms with van der Waals surface area (Å²) in [5.41, 5.74) is 1.06. The average molecular weight is 402 g/mol. The number of benzene rings is 1. The summed E-state index contributed by atoms with van der Waals surface area (Å²) in [5, 5.41) is 0.378. The molecule has 0 saturated carbocycles. The molecule has 156 valence electrons. The van der Waals surface area contributed by atoms with Gasteiger partial charge in [0.05, 0.1) is 19.6 Å². The van der Waals surface area contributed by atoms with Gasteiger partial charge in [-0.3, -0.25) is 9.59 Å². The van der Waals surface area contributed by atoms with E-state index in [1.54, 1.807) is 20.1 Å². The third-order valence-electron chi connectivity index (χ3n) is 5.76. The Hall–Kier alpha value is -2.54. The fraction of sp³-hybridized carbons (Fsp3) is 0.545. The largest absolute Gasteiger partial charge is 0.496 e. The van der Waals surface area contributed by atoms with Crippen LogP contribution in [0.4, 0.5) is 0 Å². The molecule has 2 aromatic rings. The summed E-state index contributed by atoms with van der Waals surface area (Å²) >= 11 is 0. The van der Waals surface area contributed by atoms with Crippen molar-refractivity contribution in [1.82, 2.24) is 0 Å². The van der Waals surface area contributed by atoms with Crippen molar-refractivity contribution in [2.45, 2.75) is 65.0 Å². The first-order chi connectivity index (χ1) is 13.7. The fourth-order valence-electron chi connectivity index (χ4n) is 4.56. The van der Waals surface area contributed by atoms with Crippen molar-refractivity contribution in [3.8, 4) is 11.5 Å². The lowest BCUT2D eigenvalue weighted by Gasteiger charge is -2.49. The molecule has 1 aromatic heterocycles. The normalized spacial score (nSPS) is 28.7.